The molecule has 0 radical (unpaired) electrons. The van der Waals surface area contributed by atoms with Gasteiger partial charge in [-0.2, -0.15) is 0 Å². The number of carbonyl (C=O) groups excluding carboxylic acids is 1. The van der Waals surface area contributed by atoms with E-state index >= 15 is 0 Å². The van der Waals surface area contributed by atoms with E-state index in [9.17, 15) is 9.59 Å². The number of nitrogens with one attached hydrogen (secondary N) is 1. The monoisotopic (exact) mass is 216 g/mol. The summed E-state index contributed by atoms with van der Waals surface area (Å²) in [6.45, 7) is 0. The lowest BCUT2D eigenvalue weighted by Gasteiger charge is -2.01. The van der Waals surface area contributed by atoms with E-state index in [2.05, 4.69) is 4.98 Å². The van der Waals surface area contributed by atoms with Crippen LogP contribution in [0, 0.1) is 0 Å². The molecule has 0 unspecified atom stereocenters. The minimum atomic E-state index is -1.38. The summed E-state index contributed by atoms with van der Waals surface area (Å²) in [5.41, 5.74) is 0.982. The van der Waals surface area contributed by atoms with E-state index in [1.807, 2.05) is 18.2 Å². The van der Waals surface area contributed by atoms with Crippen LogP contribution in [0.5, 0.6) is 0 Å². The first-order valence-electron chi connectivity index (χ1n) is 4.56. The molecule has 1 aromatic heterocycles. The third-order valence-corrected chi connectivity index (χ3v) is 2.07. The summed E-state index contributed by atoms with van der Waals surface area (Å²) < 4.78 is 0. The maximum Gasteiger partial charge on any atom is 0.411 e. The van der Waals surface area contributed by atoms with Crippen molar-refractivity contribution in [2.24, 2.45) is 0 Å². The average Bonchev–Trinajstić information content (AvgIpc) is 2.27. The van der Waals surface area contributed by atoms with Gasteiger partial charge in [-0.05, 0) is 12.1 Å². The van der Waals surface area contributed by atoms with Crippen molar-refractivity contribution in [1.82, 2.24) is 10.3 Å². The molecule has 0 atom stereocenters. The van der Waals surface area contributed by atoms with Crippen LogP contribution in [0.4, 0.5) is 4.79 Å². The Balaban J connectivity index is 2.39. The second-order valence-corrected chi connectivity index (χ2v) is 3.18. The Morgan fingerprint density at radius 3 is 2.75 bits per heavy atom. The zero-order chi connectivity index (χ0) is 11.5. The van der Waals surface area contributed by atoms with Crippen LogP contribution >= 0.6 is 0 Å². The Labute approximate surface area is 90.7 Å². The van der Waals surface area contributed by atoms with Gasteiger partial charge in [0.25, 0.3) is 5.91 Å². The summed E-state index contributed by atoms with van der Waals surface area (Å²) in [4.78, 5) is 25.7. The maximum atomic E-state index is 11.4. The van der Waals surface area contributed by atoms with Gasteiger partial charge < -0.3 is 5.11 Å². The van der Waals surface area contributed by atoms with Crippen LogP contribution in [0.2, 0.25) is 0 Å². The minimum Gasteiger partial charge on any atom is -0.465 e. The molecule has 2 amide bonds. The summed E-state index contributed by atoms with van der Waals surface area (Å²) in [5, 5.41) is 11.0. The van der Waals surface area contributed by atoms with Crippen molar-refractivity contribution >= 4 is 22.9 Å². The molecule has 0 saturated heterocycles. The van der Waals surface area contributed by atoms with Gasteiger partial charge in [0.2, 0.25) is 0 Å². The number of rotatable bonds is 1. The van der Waals surface area contributed by atoms with E-state index in [0.717, 1.165) is 10.9 Å². The normalized spacial score (nSPS) is 10.0. The van der Waals surface area contributed by atoms with Crippen LogP contribution in [0.15, 0.2) is 36.5 Å². The quantitative estimate of drug-likeness (QED) is 0.759. The molecule has 0 fully saturated rings. The first-order chi connectivity index (χ1) is 7.66. The largest absolute Gasteiger partial charge is 0.465 e. The van der Waals surface area contributed by atoms with Gasteiger partial charge in [0, 0.05) is 11.6 Å². The highest BCUT2D eigenvalue weighted by Crippen LogP contribution is 2.12. The highest BCUT2D eigenvalue weighted by Gasteiger charge is 2.09. The van der Waals surface area contributed by atoms with Gasteiger partial charge in [0.05, 0.1) is 11.1 Å². The Morgan fingerprint density at radius 2 is 2.00 bits per heavy atom. The van der Waals surface area contributed by atoms with E-state index in [4.69, 9.17) is 5.11 Å². The third kappa shape index (κ3) is 1.98. The van der Waals surface area contributed by atoms with Crippen LogP contribution in [-0.4, -0.2) is 22.1 Å². The van der Waals surface area contributed by atoms with Crippen molar-refractivity contribution < 1.29 is 14.7 Å². The average molecular weight is 216 g/mol. The highest BCUT2D eigenvalue weighted by atomic mass is 16.4. The minimum absolute atomic E-state index is 0.223. The fourth-order valence-electron chi connectivity index (χ4n) is 1.36. The molecule has 1 aromatic carbocycles. The number of para-hydroxylation sites is 1. The van der Waals surface area contributed by atoms with Crippen molar-refractivity contribution in [1.29, 1.82) is 0 Å². The number of fused-ring (bicyclic) bond motifs is 1. The molecule has 2 N–H and O–H groups in total. The van der Waals surface area contributed by atoms with Gasteiger partial charge in [-0.25, -0.2) is 4.79 Å². The third-order valence-electron chi connectivity index (χ3n) is 2.07. The number of imide groups is 1. The van der Waals surface area contributed by atoms with Crippen molar-refractivity contribution in [3.8, 4) is 0 Å². The first kappa shape index (κ1) is 10.1. The van der Waals surface area contributed by atoms with Gasteiger partial charge in [-0.15, -0.1) is 0 Å². The second kappa shape index (κ2) is 3.98. The Bertz CT molecular complexity index is 566. The molecule has 5 heteroatoms. The van der Waals surface area contributed by atoms with Gasteiger partial charge in [0.15, 0.2) is 0 Å². The number of carboxylic acid groups (broad SMARTS) is 1. The maximum absolute atomic E-state index is 11.4. The fourth-order valence-corrected chi connectivity index (χ4v) is 1.36. The molecule has 0 bridgehead atoms. The second-order valence-electron chi connectivity index (χ2n) is 3.18. The van der Waals surface area contributed by atoms with Gasteiger partial charge >= 0.3 is 6.09 Å². The summed E-state index contributed by atoms with van der Waals surface area (Å²) in [5.74, 6) is -0.675. The van der Waals surface area contributed by atoms with Crippen molar-refractivity contribution in [2.45, 2.75) is 0 Å². The molecule has 2 rings (SSSR count). The molecule has 0 aliphatic heterocycles. The molecule has 0 saturated carbocycles. The Morgan fingerprint density at radius 1 is 1.25 bits per heavy atom. The van der Waals surface area contributed by atoms with Gasteiger partial charge in [0.1, 0.15) is 0 Å². The summed E-state index contributed by atoms with van der Waals surface area (Å²) in [6.07, 6.45) is -0.0289. The van der Waals surface area contributed by atoms with Gasteiger partial charge in [-0.3, -0.25) is 15.1 Å². The molecule has 5 nitrogen and oxygen atoms in total. The topological polar surface area (TPSA) is 79.3 Å². The summed E-state index contributed by atoms with van der Waals surface area (Å²) in [6, 6.07) is 8.88. The number of pyridine rings is 1. The van der Waals surface area contributed by atoms with Crippen LogP contribution < -0.4 is 5.32 Å². The zero-order valence-electron chi connectivity index (χ0n) is 8.18. The Kier molecular flexibility index (Phi) is 2.51. The van der Waals surface area contributed by atoms with E-state index in [1.165, 1.54) is 6.20 Å². The molecule has 2 aromatic rings. The number of nitrogens with zero attached hydrogens (tertiary/aromatic N) is 1. The van der Waals surface area contributed by atoms with Crippen molar-refractivity contribution in [3.63, 3.8) is 0 Å². The van der Waals surface area contributed by atoms with E-state index in [1.54, 1.807) is 17.4 Å². The standard InChI is InChI=1S/C11H8N2O3/c14-10(13-11(15)16)8-5-7-3-1-2-4-9(7)12-6-8/h1-6H,(H,13,14)(H,15,16). The molecule has 0 aliphatic rings. The van der Waals surface area contributed by atoms with Crippen LogP contribution in [0.3, 0.4) is 0 Å². The lowest BCUT2D eigenvalue weighted by Crippen LogP contribution is -2.28. The van der Waals surface area contributed by atoms with Crippen LogP contribution in [0.25, 0.3) is 10.9 Å². The number of amides is 2. The highest BCUT2D eigenvalue weighted by molar-refractivity contribution is 6.03. The lowest BCUT2D eigenvalue weighted by atomic mass is 10.1. The number of carbonyl (C=O) groups is 2. The van der Waals surface area contributed by atoms with E-state index in [0.29, 0.717) is 0 Å². The number of benzene rings is 1. The molecule has 0 aliphatic carbocycles. The summed E-state index contributed by atoms with van der Waals surface area (Å²) >= 11 is 0. The molecule has 0 spiro atoms. The number of aromatic nitrogens is 1. The SMILES string of the molecule is O=C(O)NC(=O)c1cnc2ccccc2c1. The Hall–Kier alpha value is -2.43. The van der Waals surface area contributed by atoms with Crippen LogP contribution in [0.1, 0.15) is 10.4 Å². The predicted molar refractivity (Wildman–Crippen MR) is 57.2 cm³/mol. The van der Waals surface area contributed by atoms with Crippen molar-refractivity contribution in [3.05, 3.63) is 42.1 Å². The molecular formula is C11H8N2O3. The summed E-state index contributed by atoms with van der Waals surface area (Å²) in [7, 11) is 0. The van der Waals surface area contributed by atoms with Crippen LogP contribution in [-0.2, 0) is 0 Å². The predicted octanol–water partition coefficient (Wildman–Crippen LogP) is 1.64. The lowest BCUT2D eigenvalue weighted by molar-refractivity contribution is 0.0948. The smallest absolute Gasteiger partial charge is 0.411 e. The van der Waals surface area contributed by atoms with E-state index in [-0.39, 0.29) is 5.56 Å². The zero-order valence-corrected chi connectivity index (χ0v) is 8.18. The van der Waals surface area contributed by atoms with Crippen molar-refractivity contribution in [2.75, 3.05) is 0 Å². The molecule has 16 heavy (non-hydrogen) atoms. The molecular weight excluding hydrogens is 208 g/mol. The first-order valence-corrected chi connectivity index (χ1v) is 4.56. The van der Waals surface area contributed by atoms with E-state index < -0.39 is 12.0 Å². The molecule has 1 heterocycles. The number of hydrogen-bond donors (Lipinski definition) is 2. The fraction of sp³-hybridized carbons (Fsp3) is 0. The number of hydrogen-bond acceptors (Lipinski definition) is 3. The molecule has 80 valence electrons. The van der Waals surface area contributed by atoms with Gasteiger partial charge in [-0.1, -0.05) is 18.2 Å².